The van der Waals surface area contributed by atoms with Crippen LogP contribution in [0.3, 0.4) is 0 Å². The highest BCUT2D eigenvalue weighted by Gasteiger charge is 2.14. The van der Waals surface area contributed by atoms with Gasteiger partial charge in [-0.05, 0) is 43.7 Å². The van der Waals surface area contributed by atoms with Crippen molar-refractivity contribution in [2.24, 2.45) is 0 Å². The second-order valence-corrected chi connectivity index (χ2v) is 5.43. The quantitative estimate of drug-likeness (QED) is 0.820. The molecule has 1 heterocycles. The van der Waals surface area contributed by atoms with Crippen molar-refractivity contribution in [3.8, 4) is 11.4 Å². The molecule has 1 aromatic carbocycles. The third-order valence-electron chi connectivity index (χ3n) is 3.56. The molecule has 0 saturated carbocycles. The zero-order valence-electron chi connectivity index (χ0n) is 13.7. The van der Waals surface area contributed by atoms with Gasteiger partial charge in [0, 0.05) is 12.2 Å². The van der Waals surface area contributed by atoms with Crippen LogP contribution in [0.5, 0.6) is 5.75 Å². The highest BCUT2D eigenvalue weighted by molar-refractivity contribution is 5.92. The minimum Gasteiger partial charge on any atom is -0.497 e. The van der Waals surface area contributed by atoms with Crippen LogP contribution in [0.2, 0.25) is 0 Å². The second-order valence-electron chi connectivity index (χ2n) is 5.43. The Morgan fingerprint density at radius 2 is 2.09 bits per heavy atom. The van der Waals surface area contributed by atoms with E-state index in [0.29, 0.717) is 12.1 Å². The maximum Gasteiger partial charge on any atom is 0.271 e. The minimum absolute atomic E-state index is 0.237. The number of aromatic nitrogens is 2. The minimum atomic E-state index is -0.520. The Morgan fingerprint density at radius 3 is 2.70 bits per heavy atom. The van der Waals surface area contributed by atoms with Gasteiger partial charge >= 0.3 is 0 Å². The monoisotopic (exact) mass is 317 g/mol. The van der Waals surface area contributed by atoms with E-state index in [0.717, 1.165) is 23.6 Å². The van der Waals surface area contributed by atoms with Crippen LogP contribution < -0.4 is 10.1 Å². The third kappa shape index (κ3) is 4.32. The number of ether oxygens (including phenoxy) is 1. The number of carbonyl (C=O) groups excluding carboxylic acids is 1. The lowest BCUT2D eigenvalue weighted by Gasteiger charge is -2.09. The van der Waals surface area contributed by atoms with Gasteiger partial charge in [0.1, 0.15) is 5.75 Å². The summed E-state index contributed by atoms with van der Waals surface area (Å²) in [6.45, 7) is 4.12. The highest BCUT2D eigenvalue weighted by Crippen LogP contribution is 2.16. The van der Waals surface area contributed by atoms with Gasteiger partial charge in [-0.2, -0.15) is 5.10 Å². The van der Waals surface area contributed by atoms with Crippen LogP contribution in [0.25, 0.3) is 5.69 Å². The second kappa shape index (κ2) is 7.78. The van der Waals surface area contributed by atoms with Crippen LogP contribution in [0.1, 0.15) is 35.9 Å². The fourth-order valence-corrected chi connectivity index (χ4v) is 2.31. The van der Waals surface area contributed by atoms with E-state index < -0.39 is 6.10 Å². The molecule has 0 bridgehead atoms. The zero-order valence-corrected chi connectivity index (χ0v) is 13.7. The summed E-state index contributed by atoms with van der Waals surface area (Å²) in [6.07, 6.45) is 1.02. The molecule has 23 heavy (non-hydrogen) atoms. The molecular formula is C17H23N3O3. The molecule has 0 aliphatic heterocycles. The van der Waals surface area contributed by atoms with Crippen molar-refractivity contribution in [1.82, 2.24) is 15.1 Å². The predicted octanol–water partition coefficient (Wildman–Crippen LogP) is 2.08. The summed E-state index contributed by atoms with van der Waals surface area (Å²) in [7, 11) is 1.61. The van der Waals surface area contributed by atoms with Crippen LogP contribution >= 0.6 is 0 Å². The first kappa shape index (κ1) is 17.0. The molecule has 0 spiro atoms. The van der Waals surface area contributed by atoms with Gasteiger partial charge in [0.05, 0.1) is 18.9 Å². The largest absolute Gasteiger partial charge is 0.497 e. The summed E-state index contributed by atoms with van der Waals surface area (Å²) < 4.78 is 6.84. The summed E-state index contributed by atoms with van der Waals surface area (Å²) in [5.41, 5.74) is 2.05. The van der Waals surface area contributed by atoms with E-state index in [-0.39, 0.29) is 12.5 Å². The van der Waals surface area contributed by atoms with Gasteiger partial charge in [-0.1, -0.05) is 13.3 Å². The highest BCUT2D eigenvalue weighted by atomic mass is 16.5. The number of hydrogen-bond acceptors (Lipinski definition) is 4. The van der Waals surface area contributed by atoms with Gasteiger partial charge in [0.15, 0.2) is 5.69 Å². The average molecular weight is 317 g/mol. The summed E-state index contributed by atoms with van der Waals surface area (Å²) in [4.78, 5) is 12.1. The van der Waals surface area contributed by atoms with E-state index >= 15 is 0 Å². The number of nitrogens with one attached hydrogen (secondary N) is 1. The Morgan fingerprint density at radius 1 is 1.39 bits per heavy atom. The van der Waals surface area contributed by atoms with E-state index in [1.807, 2.05) is 38.1 Å². The van der Waals surface area contributed by atoms with Gasteiger partial charge in [-0.25, -0.2) is 4.68 Å². The Bertz CT molecular complexity index is 650. The number of aliphatic hydroxyl groups is 1. The summed E-state index contributed by atoms with van der Waals surface area (Å²) in [6, 6.07) is 9.18. The number of carbonyl (C=O) groups is 1. The molecule has 6 nitrogen and oxygen atoms in total. The lowest BCUT2D eigenvalue weighted by Crippen LogP contribution is -2.32. The number of benzene rings is 1. The normalized spacial score (nSPS) is 12.0. The maximum atomic E-state index is 12.1. The van der Waals surface area contributed by atoms with E-state index in [2.05, 4.69) is 10.4 Å². The van der Waals surface area contributed by atoms with E-state index in [1.165, 1.54) is 0 Å². The molecule has 6 heteroatoms. The van der Waals surface area contributed by atoms with E-state index in [9.17, 15) is 9.90 Å². The number of amides is 1. The maximum absolute atomic E-state index is 12.1. The van der Waals surface area contributed by atoms with Gasteiger partial charge in [0.25, 0.3) is 5.91 Å². The molecule has 2 N–H and O–H groups in total. The first-order valence-electron chi connectivity index (χ1n) is 7.72. The molecule has 0 aliphatic carbocycles. The molecule has 0 saturated heterocycles. The smallest absolute Gasteiger partial charge is 0.271 e. The number of aliphatic hydroxyl groups excluding tert-OH is 1. The van der Waals surface area contributed by atoms with Crippen LogP contribution in [-0.4, -0.2) is 40.6 Å². The van der Waals surface area contributed by atoms with E-state index in [1.54, 1.807) is 17.9 Å². The van der Waals surface area contributed by atoms with Crippen molar-refractivity contribution in [3.05, 3.63) is 41.7 Å². The van der Waals surface area contributed by atoms with Crippen LogP contribution in [0.15, 0.2) is 30.3 Å². The Balaban J connectivity index is 2.09. The molecule has 1 unspecified atom stereocenters. The van der Waals surface area contributed by atoms with Gasteiger partial charge in [-0.3, -0.25) is 4.79 Å². The van der Waals surface area contributed by atoms with Crippen molar-refractivity contribution in [1.29, 1.82) is 0 Å². The summed E-state index contributed by atoms with van der Waals surface area (Å²) in [5, 5.41) is 16.7. The van der Waals surface area contributed by atoms with E-state index in [4.69, 9.17) is 4.74 Å². The number of nitrogens with zero attached hydrogens (tertiary/aromatic N) is 2. The number of methoxy groups -OCH3 is 1. The molecule has 0 aliphatic rings. The molecular weight excluding hydrogens is 294 g/mol. The average Bonchev–Trinajstić information content (AvgIpc) is 2.95. The van der Waals surface area contributed by atoms with Crippen molar-refractivity contribution in [2.75, 3.05) is 13.7 Å². The number of rotatable bonds is 7. The van der Waals surface area contributed by atoms with Gasteiger partial charge < -0.3 is 15.2 Å². The molecule has 1 amide bonds. The van der Waals surface area contributed by atoms with Gasteiger partial charge in [0.2, 0.25) is 0 Å². The number of aryl methyl sites for hydroxylation is 1. The fraction of sp³-hybridized carbons (Fsp3) is 0.412. The first-order valence-corrected chi connectivity index (χ1v) is 7.72. The Labute approximate surface area is 136 Å². The lowest BCUT2D eigenvalue weighted by atomic mass is 10.2. The SMILES string of the molecule is CCCC(O)CNC(=O)c1cc(C)n(-c2ccc(OC)cc2)n1. The fourth-order valence-electron chi connectivity index (χ4n) is 2.31. The predicted molar refractivity (Wildman–Crippen MR) is 88.1 cm³/mol. The molecule has 2 aromatic rings. The van der Waals surface area contributed by atoms with Crippen LogP contribution in [0, 0.1) is 6.92 Å². The molecule has 1 atom stereocenters. The van der Waals surface area contributed by atoms with Crippen molar-refractivity contribution in [3.63, 3.8) is 0 Å². The third-order valence-corrected chi connectivity index (χ3v) is 3.56. The molecule has 124 valence electrons. The van der Waals surface area contributed by atoms with Crippen molar-refractivity contribution < 1.29 is 14.6 Å². The Hall–Kier alpha value is -2.34. The molecule has 0 radical (unpaired) electrons. The van der Waals surface area contributed by atoms with Crippen molar-refractivity contribution in [2.45, 2.75) is 32.8 Å². The topological polar surface area (TPSA) is 76.4 Å². The van der Waals surface area contributed by atoms with Crippen LogP contribution in [0.4, 0.5) is 0 Å². The first-order chi connectivity index (χ1) is 11.0. The zero-order chi connectivity index (χ0) is 16.8. The molecule has 2 rings (SSSR count). The Kier molecular flexibility index (Phi) is 5.76. The lowest BCUT2D eigenvalue weighted by molar-refractivity contribution is 0.0905. The molecule has 1 aromatic heterocycles. The number of hydrogen-bond donors (Lipinski definition) is 2. The van der Waals surface area contributed by atoms with Gasteiger partial charge in [-0.15, -0.1) is 0 Å². The summed E-state index contributed by atoms with van der Waals surface area (Å²) in [5.74, 6) is 0.483. The standard InChI is InChI=1S/C17H23N3O3/c1-4-5-14(21)11-18-17(22)16-10-12(2)20(19-16)13-6-8-15(23-3)9-7-13/h6-10,14,21H,4-5,11H2,1-3H3,(H,18,22). The summed E-state index contributed by atoms with van der Waals surface area (Å²) >= 11 is 0. The van der Waals surface area contributed by atoms with Crippen LogP contribution in [-0.2, 0) is 0 Å². The van der Waals surface area contributed by atoms with Crippen molar-refractivity contribution >= 4 is 5.91 Å². The molecule has 0 fully saturated rings.